The molecule has 4 heteroatoms. The number of hydrogen-bond acceptors (Lipinski definition) is 2. The van der Waals surface area contributed by atoms with Gasteiger partial charge in [0.2, 0.25) is 5.91 Å². The van der Waals surface area contributed by atoms with Gasteiger partial charge in [-0.05, 0) is 37.5 Å². The van der Waals surface area contributed by atoms with E-state index in [1.807, 2.05) is 38.2 Å². The molecule has 0 aliphatic heterocycles. The first-order valence-corrected chi connectivity index (χ1v) is 7.53. The fourth-order valence-electron chi connectivity index (χ4n) is 3.00. The van der Waals surface area contributed by atoms with E-state index in [1.165, 1.54) is 0 Å². The Kier molecular flexibility index (Phi) is 4.43. The molecule has 0 atom stereocenters. The van der Waals surface area contributed by atoms with Gasteiger partial charge in [0.1, 0.15) is 0 Å². The van der Waals surface area contributed by atoms with Crippen LogP contribution in [0.4, 0.5) is 5.69 Å². The number of benzene rings is 1. The molecular weight excluding hydrogens is 268 g/mol. The van der Waals surface area contributed by atoms with Crippen LogP contribution >= 0.6 is 12.2 Å². The number of thiocarbonyl (C=S) groups is 1. The zero-order chi connectivity index (χ0) is 14.8. The monoisotopic (exact) mass is 290 g/mol. The number of nitrogens with two attached hydrogens (primary N) is 1. The van der Waals surface area contributed by atoms with Gasteiger partial charge in [-0.2, -0.15) is 0 Å². The Morgan fingerprint density at radius 2 is 1.95 bits per heavy atom. The molecule has 2 rings (SSSR count). The number of aryl methyl sites for hydroxylation is 1. The average molecular weight is 290 g/mol. The molecule has 1 aliphatic rings. The molecule has 0 unspecified atom stereocenters. The summed E-state index contributed by atoms with van der Waals surface area (Å²) >= 11 is 5.23. The van der Waals surface area contributed by atoms with Crippen LogP contribution in [0, 0.1) is 12.3 Å². The van der Waals surface area contributed by atoms with Crippen molar-refractivity contribution in [2.45, 2.75) is 39.0 Å². The van der Waals surface area contributed by atoms with Crippen LogP contribution in [0.5, 0.6) is 0 Å². The van der Waals surface area contributed by atoms with Crippen molar-refractivity contribution in [1.82, 2.24) is 0 Å². The van der Waals surface area contributed by atoms with Crippen LogP contribution in [0.3, 0.4) is 0 Å². The lowest BCUT2D eigenvalue weighted by Gasteiger charge is -2.37. The molecule has 1 amide bonds. The lowest BCUT2D eigenvalue weighted by atomic mass is 9.73. The molecule has 20 heavy (non-hydrogen) atoms. The van der Waals surface area contributed by atoms with Crippen molar-refractivity contribution >= 4 is 28.8 Å². The highest BCUT2D eigenvalue weighted by Crippen LogP contribution is 2.39. The van der Waals surface area contributed by atoms with Crippen molar-refractivity contribution in [2.24, 2.45) is 11.1 Å². The molecule has 0 aromatic heterocycles. The minimum absolute atomic E-state index is 0.0373. The Labute approximate surface area is 126 Å². The van der Waals surface area contributed by atoms with E-state index in [0.717, 1.165) is 43.4 Å². The summed E-state index contributed by atoms with van der Waals surface area (Å²) in [6, 6.07) is 7.93. The summed E-state index contributed by atoms with van der Waals surface area (Å²) in [6.07, 6.45) is 4.75. The highest BCUT2D eigenvalue weighted by molar-refractivity contribution is 7.80. The van der Waals surface area contributed by atoms with Crippen LogP contribution in [0.2, 0.25) is 0 Å². The lowest BCUT2D eigenvalue weighted by molar-refractivity contribution is -0.125. The Balaban J connectivity index is 2.30. The van der Waals surface area contributed by atoms with E-state index in [9.17, 15) is 4.79 Å². The first kappa shape index (κ1) is 15.0. The molecule has 1 fully saturated rings. The molecule has 1 saturated carbocycles. The average Bonchev–Trinajstić information content (AvgIpc) is 2.46. The smallest absolute Gasteiger partial charge is 0.239 e. The van der Waals surface area contributed by atoms with E-state index < -0.39 is 5.41 Å². The van der Waals surface area contributed by atoms with E-state index in [-0.39, 0.29) is 5.91 Å². The van der Waals surface area contributed by atoms with Gasteiger partial charge < -0.3 is 10.6 Å². The minimum Gasteiger partial charge on any atom is -0.392 e. The fraction of sp³-hybridized carbons (Fsp3) is 0.500. The molecule has 1 aromatic rings. The maximum absolute atomic E-state index is 12.9. The summed E-state index contributed by atoms with van der Waals surface area (Å²) in [5.74, 6) is 0.0373. The molecule has 0 spiro atoms. The number of amides is 1. The van der Waals surface area contributed by atoms with E-state index >= 15 is 0 Å². The van der Waals surface area contributed by atoms with Crippen LogP contribution < -0.4 is 10.6 Å². The largest absolute Gasteiger partial charge is 0.392 e. The second kappa shape index (κ2) is 5.92. The van der Waals surface area contributed by atoms with Crippen molar-refractivity contribution in [2.75, 3.05) is 11.9 Å². The number of hydrogen-bond donors (Lipinski definition) is 1. The minimum atomic E-state index is -0.647. The second-order valence-electron chi connectivity index (χ2n) is 5.71. The zero-order valence-corrected chi connectivity index (χ0v) is 13.0. The number of anilines is 1. The molecule has 0 bridgehead atoms. The highest BCUT2D eigenvalue weighted by atomic mass is 32.1. The van der Waals surface area contributed by atoms with Crippen molar-refractivity contribution in [3.63, 3.8) is 0 Å². The fourth-order valence-corrected chi connectivity index (χ4v) is 3.29. The summed E-state index contributed by atoms with van der Waals surface area (Å²) in [5.41, 5.74) is 7.32. The van der Waals surface area contributed by atoms with Crippen LogP contribution in [-0.2, 0) is 4.79 Å². The lowest BCUT2D eigenvalue weighted by Crippen LogP contribution is -2.50. The molecule has 108 valence electrons. The topological polar surface area (TPSA) is 46.3 Å². The Morgan fingerprint density at radius 3 is 2.50 bits per heavy atom. The van der Waals surface area contributed by atoms with Crippen molar-refractivity contribution < 1.29 is 4.79 Å². The van der Waals surface area contributed by atoms with Gasteiger partial charge in [0.15, 0.2) is 0 Å². The Morgan fingerprint density at radius 1 is 1.30 bits per heavy atom. The van der Waals surface area contributed by atoms with E-state index in [4.69, 9.17) is 18.0 Å². The number of nitrogens with zero attached hydrogens (tertiary/aromatic N) is 1. The first-order chi connectivity index (χ1) is 9.47. The van der Waals surface area contributed by atoms with E-state index in [1.54, 1.807) is 4.90 Å². The standard InChI is InChI=1S/C16H22N2OS/c1-12-7-6-8-13(11-12)18(2)15(19)16(14(17)20)9-4-3-5-10-16/h6-8,11H,3-5,9-10H2,1-2H3,(H2,17,20). The molecule has 2 N–H and O–H groups in total. The predicted molar refractivity (Wildman–Crippen MR) is 86.9 cm³/mol. The van der Waals surface area contributed by atoms with Crippen molar-refractivity contribution in [3.05, 3.63) is 29.8 Å². The molecule has 0 heterocycles. The third-order valence-corrected chi connectivity index (χ3v) is 4.67. The summed E-state index contributed by atoms with van der Waals surface area (Å²) in [7, 11) is 1.81. The van der Waals surface area contributed by atoms with Gasteiger partial charge >= 0.3 is 0 Å². The predicted octanol–water partition coefficient (Wildman–Crippen LogP) is 3.19. The molecule has 0 saturated heterocycles. The molecular formula is C16H22N2OS. The summed E-state index contributed by atoms with van der Waals surface area (Å²) in [5, 5.41) is 0. The summed E-state index contributed by atoms with van der Waals surface area (Å²) in [6.45, 7) is 2.02. The molecule has 3 nitrogen and oxygen atoms in total. The Hall–Kier alpha value is -1.42. The molecule has 0 radical (unpaired) electrons. The third-order valence-electron chi connectivity index (χ3n) is 4.28. The van der Waals surface area contributed by atoms with Crippen LogP contribution in [0.25, 0.3) is 0 Å². The van der Waals surface area contributed by atoms with Crippen molar-refractivity contribution in [1.29, 1.82) is 0 Å². The third kappa shape index (κ3) is 2.70. The highest BCUT2D eigenvalue weighted by Gasteiger charge is 2.44. The number of carbonyl (C=O) groups excluding carboxylic acids is 1. The van der Waals surface area contributed by atoms with E-state index in [0.29, 0.717) is 4.99 Å². The molecule has 1 aliphatic carbocycles. The summed E-state index contributed by atoms with van der Waals surface area (Å²) < 4.78 is 0. The van der Waals surface area contributed by atoms with Crippen LogP contribution in [-0.4, -0.2) is 17.9 Å². The maximum atomic E-state index is 12.9. The van der Waals surface area contributed by atoms with Gasteiger partial charge in [0.25, 0.3) is 0 Å². The van der Waals surface area contributed by atoms with Gasteiger partial charge in [-0.15, -0.1) is 0 Å². The van der Waals surface area contributed by atoms with Gasteiger partial charge in [-0.3, -0.25) is 4.79 Å². The van der Waals surface area contributed by atoms with E-state index in [2.05, 4.69) is 0 Å². The van der Waals surface area contributed by atoms with Gasteiger partial charge in [-0.25, -0.2) is 0 Å². The van der Waals surface area contributed by atoms with Gasteiger partial charge in [0.05, 0.1) is 10.4 Å². The quantitative estimate of drug-likeness (QED) is 0.870. The van der Waals surface area contributed by atoms with Gasteiger partial charge in [0, 0.05) is 12.7 Å². The molecule has 1 aromatic carbocycles. The zero-order valence-electron chi connectivity index (χ0n) is 12.2. The SMILES string of the molecule is Cc1cccc(N(C)C(=O)C2(C(N)=S)CCCCC2)c1. The maximum Gasteiger partial charge on any atom is 0.239 e. The summed E-state index contributed by atoms with van der Waals surface area (Å²) in [4.78, 5) is 15.0. The first-order valence-electron chi connectivity index (χ1n) is 7.12. The normalized spacial score (nSPS) is 17.5. The van der Waals surface area contributed by atoms with Gasteiger partial charge in [-0.1, -0.05) is 43.6 Å². The van der Waals surface area contributed by atoms with Crippen LogP contribution in [0.1, 0.15) is 37.7 Å². The number of carbonyl (C=O) groups is 1. The van der Waals surface area contributed by atoms with Crippen molar-refractivity contribution in [3.8, 4) is 0 Å². The Bertz CT molecular complexity index is 521. The second-order valence-corrected chi connectivity index (χ2v) is 6.15. The van der Waals surface area contributed by atoms with Crippen LogP contribution in [0.15, 0.2) is 24.3 Å². The number of rotatable bonds is 3.